The average molecular weight is 282 g/mol. The topological polar surface area (TPSA) is 29.1 Å². The van der Waals surface area contributed by atoms with Gasteiger partial charge in [0.2, 0.25) is 0 Å². The zero-order chi connectivity index (χ0) is 13.1. The zero-order valence-corrected chi connectivity index (χ0v) is 12.1. The maximum atomic E-state index is 12.0. The van der Waals surface area contributed by atoms with E-state index in [2.05, 4.69) is 19.2 Å². The lowest BCUT2D eigenvalue weighted by Gasteiger charge is -2.06. The second-order valence-corrected chi connectivity index (χ2v) is 6.11. The molecule has 0 aliphatic rings. The van der Waals surface area contributed by atoms with E-state index in [0.717, 1.165) is 16.5 Å². The molecular weight excluding hydrogens is 266 g/mol. The number of fused-ring (bicyclic) bond motifs is 1. The third-order valence-corrected chi connectivity index (χ3v) is 4.42. The largest absolute Gasteiger partial charge is 0.351 e. The van der Waals surface area contributed by atoms with Crippen LogP contribution in [0.1, 0.15) is 29.9 Å². The molecule has 2 nitrogen and oxygen atoms in total. The molecule has 0 aliphatic heterocycles. The van der Waals surface area contributed by atoms with Crippen LogP contribution in [0.2, 0.25) is 5.02 Å². The molecule has 2 aromatic rings. The second kappa shape index (κ2) is 5.72. The van der Waals surface area contributed by atoms with Gasteiger partial charge in [-0.2, -0.15) is 0 Å². The zero-order valence-electron chi connectivity index (χ0n) is 10.5. The Morgan fingerprint density at radius 1 is 1.39 bits per heavy atom. The number of amides is 1. The lowest BCUT2D eigenvalue weighted by atomic mass is 10.1. The summed E-state index contributed by atoms with van der Waals surface area (Å²) < 4.78 is 1.05. The summed E-state index contributed by atoms with van der Waals surface area (Å²) in [6, 6.07) is 7.81. The Morgan fingerprint density at radius 3 is 2.78 bits per heavy atom. The minimum atomic E-state index is -0.0677. The molecule has 0 fully saturated rings. The normalized spacial score (nSPS) is 11.1. The molecule has 1 heterocycles. The fourth-order valence-corrected chi connectivity index (χ4v) is 3.15. The van der Waals surface area contributed by atoms with Crippen molar-refractivity contribution >= 4 is 38.9 Å². The Kier molecular flexibility index (Phi) is 4.25. The minimum Gasteiger partial charge on any atom is -0.351 e. The number of rotatable bonds is 4. The molecule has 0 saturated carbocycles. The highest BCUT2D eigenvalue weighted by atomic mass is 35.5. The fourth-order valence-electron chi connectivity index (χ4n) is 1.71. The Balaban J connectivity index is 2.15. The third-order valence-electron chi connectivity index (χ3n) is 2.75. The van der Waals surface area contributed by atoms with Crippen molar-refractivity contribution < 1.29 is 4.79 Å². The standard InChI is InChI=1S/C14H16ClNOS/c1-9(2)7-8-16-14(17)13-12(15)10-5-3-4-6-11(10)18-13/h3-6,9H,7-8H2,1-2H3,(H,16,17). The first-order valence-electron chi connectivity index (χ1n) is 6.05. The fraction of sp³-hybridized carbons (Fsp3) is 0.357. The van der Waals surface area contributed by atoms with Gasteiger partial charge in [0, 0.05) is 16.6 Å². The molecule has 1 N–H and O–H groups in total. The van der Waals surface area contributed by atoms with E-state index in [-0.39, 0.29) is 5.91 Å². The molecule has 0 unspecified atom stereocenters. The number of nitrogens with one attached hydrogen (secondary N) is 1. The number of benzene rings is 1. The third kappa shape index (κ3) is 2.85. The van der Waals surface area contributed by atoms with E-state index in [9.17, 15) is 4.79 Å². The van der Waals surface area contributed by atoms with Crippen molar-refractivity contribution in [2.45, 2.75) is 20.3 Å². The van der Waals surface area contributed by atoms with Gasteiger partial charge in [0.05, 0.1) is 5.02 Å². The van der Waals surface area contributed by atoms with E-state index in [1.807, 2.05) is 24.3 Å². The van der Waals surface area contributed by atoms with Crippen molar-refractivity contribution in [3.05, 3.63) is 34.2 Å². The second-order valence-electron chi connectivity index (χ2n) is 4.68. The van der Waals surface area contributed by atoms with Crippen LogP contribution in [-0.4, -0.2) is 12.5 Å². The number of hydrogen-bond donors (Lipinski definition) is 1. The number of hydrogen-bond acceptors (Lipinski definition) is 2. The molecule has 1 aromatic heterocycles. The summed E-state index contributed by atoms with van der Waals surface area (Å²) in [7, 11) is 0. The molecule has 0 atom stereocenters. The SMILES string of the molecule is CC(C)CCNC(=O)c1sc2ccccc2c1Cl. The smallest absolute Gasteiger partial charge is 0.262 e. The van der Waals surface area contributed by atoms with Gasteiger partial charge >= 0.3 is 0 Å². The predicted octanol–water partition coefficient (Wildman–Crippen LogP) is 4.33. The van der Waals surface area contributed by atoms with Crippen molar-refractivity contribution in [3.63, 3.8) is 0 Å². The molecular formula is C14H16ClNOS. The molecule has 0 aliphatic carbocycles. The first kappa shape index (κ1) is 13.4. The molecule has 0 saturated heterocycles. The van der Waals surface area contributed by atoms with Crippen LogP contribution in [0.4, 0.5) is 0 Å². The van der Waals surface area contributed by atoms with Gasteiger partial charge in [-0.1, -0.05) is 43.6 Å². The molecule has 0 radical (unpaired) electrons. The Morgan fingerprint density at radius 2 is 2.11 bits per heavy atom. The first-order chi connectivity index (χ1) is 8.59. The van der Waals surface area contributed by atoms with E-state index in [1.165, 1.54) is 11.3 Å². The van der Waals surface area contributed by atoms with Gasteiger partial charge in [-0.15, -0.1) is 11.3 Å². The van der Waals surface area contributed by atoms with E-state index < -0.39 is 0 Å². The van der Waals surface area contributed by atoms with Crippen LogP contribution in [0.5, 0.6) is 0 Å². The Labute approximate surface area is 116 Å². The quantitative estimate of drug-likeness (QED) is 0.888. The van der Waals surface area contributed by atoms with Gasteiger partial charge in [0.1, 0.15) is 4.88 Å². The van der Waals surface area contributed by atoms with E-state index in [1.54, 1.807) is 0 Å². The molecule has 1 amide bonds. The maximum absolute atomic E-state index is 12.0. The van der Waals surface area contributed by atoms with Crippen molar-refractivity contribution in [1.29, 1.82) is 0 Å². The lowest BCUT2D eigenvalue weighted by Crippen LogP contribution is -2.24. The van der Waals surface area contributed by atoms with Gasteiger partial charge < -0.3 is 5.32 Å². The van der Waals surface area contributed by atoms with Gasteiger partial charge in [0.25, 0.3) is 5.91 Å². The minimum absolute atomic E-state index is 0.0677. The number of carbonyl (C=O) groups is 1. The number of halogens is 1. The van der Waals surface area contributed by atoms with Gasteiger partial charge in [0.15, 0.2) is 0 Å². The van der Waals surface area contributed by atoms with Crippen molar-refractivity contribution in [2.24, 2.45) is 5.92 Å². The highest BCUT2D eigenvalue weighted by Crippen LogP contribution is 2.34. The van der Waals surface area contributed by atoms with Crippen LogP contribution >= 0.6 is 22.9 Å². The summed E-state index contributed by atoms with van der Waals surface area (Å²) in [5.74, 6) is 0.519. The Hall–Kier alpha value is -1.06. The molecule has 18 heavy (non-hydrogen) atoms. The average Bonchev–Trinajstić information content (AvgIpc) is 2.67. The van der Waals surface area contributed by atoms with Crippen LogP contribution in [0, 0.1) is 5.92 Å². The molecule has 1 aromatic carbocycles. The summed E-state index contributed by atoms with van der Waals surface area (Å²) in [5.41, 5.74) is 0. The number of thiophene rings is 1. The monoisotopic (exact) mass is 281 g/mol. The molecule has 0 bridgehead atoms. The summed E-state index contributed by atoms with van der Waals surface area (Å²) >= 11 is 7.69. The van der Waals surface area contributed by atoms with E-state index in [0.29, 0.717) is 22.4 Å². The predicted molar refractivity (Wildman–Crippen MR) is 78.6 cm³/mol. The summed E-state index contributed by atoms with van der Waals surface area (Å²) in [5, 5.41) is 4.44. The summed E-state index contributed by atoms with van der Waals surface area (Å²) in [6.45, 7) is 4.97. The molecule has 0 spiro atoms. The van der Waals surface area contributed by atoms with E-state index in [4.69, 9.17) is 11.6 Å². The summed E-state index contributed by atoms with van der Waals surface area (Å²) in [4.78, 5) is 12.6. The lowest BCUT2D eigenvalue weighted by molar-refractivity contribution is 0.0956. The van der Waals surface area contributed by atoms with Crippen molar-refractivity contribution in [1.82, 2.24) is 5.32 Å². The Bertz CT molecular complexity index is 562. The molecule has 96 valence electrons. The van der Waals surface area contributed by atoms with Crippen LogP contribution in [0.3, 0.4) is 0 Å². The molecule has 2 rings (SSSR count). The highest BCUT2D eigenvalue weighted by Gasteiger charge is 2.16. The summed E-state index contributed by atoms with van der Waals surface area (Å²) in [6.07, 6.45) is 0.980. The first-order valence-corrected chi connectivity index (χ1v) is 7.24. The molecule has 4 heteroatoms. The van der Waals surface area contributed by atoms with Gasteiger partial charge in [-0.25, -0.2) is 0 Å². The van der Waals surface area contributed by atoms with Crippen LogP contribution in [-0.2, 0) is 0 Å². The van der Waals surface area contributed by atoms with Crippen LogP contribution in [0.25, 0.3) is 10.1 Å². The highest BCUT2D eigenvalue weighted by molar-refractivity contribution is 7.21. The van der Waals surface area contributed by atoms with Gasteiger partial charge in [-0.05, 0) is 18.4 Å². The number of carbonyl (C=O) groups excluding carboxylic acids is 1. The van der Waals surface area contributed by atoms with Crippen molar-refractivity contribution in [2.75, 3.05) is 6.54 Å². The van der Waals surface area contributed by atoms with Crippen LogP contribution < -0.4 is 5.32 Å². The van der Waals surface area contributed by atoms with Crippen LogP contribution in [0.15, 0.2) is 24.3 Å². The maximum Gasteiger partial charge on any atom is 0.262 e. The van der Waals surface area contributed by atoms with Gasteiger partial charge in [-0.3, -0.25) is 4.79 Å². The van der Waals surface area contributed by atoms with Crippen molar-refractivity contribution in [3.8, 4) is 0 Å². The van der Waals surface area contributed by atoms with E-state index >= 15 is 0 Å².